The molecule has 0 aliphatic carbocycles. The van der Waals surface area contributed by atoms with E-state index in [0.717, 1.165) is 12.5 Å². The molecule has 1 nitrogen and oxygen atoms in total. The van der Waals surface area contributed by atoms with Gasteiger partial charge in [0.1, 0.15) is 0 Å². The van der Waals surface area contributed by atoms with Crippen molar-refractivity contribution >= 4 is 5.69 Å². The SMILES string of the molecule is CCC[C@H](CC)CNc1ccccc1C. The quantitative estimate of drug-likeness (QED) is 0.732. The molecule has 1 rings (SSSR count). The Morgan fingerprint density at radius 1 is 1.20 bits per heavy atom. The zero-order chi connectivity index (χ0) is 11.1. The Bertz CT molecular complexity index is 280. The van der Waals surface area contributed by atoms with E-state index in [4.69, 9.17) is 0 Å². The van der Waals surface area contributed by atoms with Gasteiger partial charge in [0.25, 0.3) is 0 Å². The molecule has 0 aliphatic rings. The van der Waals surface area contributed by atoms with Gasteiger partial charge in [-0.05, 0) is 30.9 Å². The Balaban J connectivity index is 2.45. The van der Waals surface area contributed by atoms with E-state index < -0.39 is 0 Å². The van der Waals surface area contributed by atoms with E-state index in [-0.39, 0.29) is 0 Å². The molecule has 0 aliphatic heterocycles. The Hall–Kier alpha value is -0.980. The van der Waals surface area contributed by atoms with Gasteiger partial charge < -0.3 is 5.32 Å². The van der Waals surface area contributed by atoms with Crippen LogP contribution in [0.1, 0.15) is 38.7 Å². The molecular weight excluding hydrogens is 182 g/mol. The molecule has 0 unspecified atom stereocenters. The minimum atomic E-state index is 0.814. The third kappa shape index (κ3) is 3.94. The van der Waals surface area contributed by atoms with Crippen molar-refractivity contribution in [1.82, 2.24) is 0 Å². The van der Waals surface area contributed by atoms with Crippen LogP contribution < -0.4 is 5.32 Å². The molecule has 0 radical (unpaired) electrons. The minimum Gasteiger partial charge on any atom is -0.385 e. The van der Waals surface area contributed by atoms with Crippen molar-refractivity contribution in [3.8, 4) is 0 Å². The summed E-state index contributed by atoms with van der Waals surface area (Å²) in [7, 11) is 0. The number of anilines is 1. The molecule has 0 bridgehead atoms. The van der Waals surface area contributed by atoms with Crippen LogP contribution in [-0.2, 0) is 0 Å². The van der Waals surface area contributed by atoms with Crippen LogP contribution in [0, 0.1) is 12.8 Å². The van der Waals surface area contributed by atoms with Crippen molar-refractivity contribution in [3.05, 3.63) is 29.8 Å². The monoisotopic (exact) mass is 205 g/mol. The Morgan fingerprint density at radius 3 is 2.53 bits per heavy atom. The van der Waals surface area contributed by atoms with E-state index in [0.29, 0.717) is 0 Å². The van der Waals surface area contributed by atoms with Gasteiger partial charge in [-0.25, -0.2) is 0 Å². The third-order valence-corrected chi connectivity index (χ3v) is 3.00. The average molecular weight is 205 g/mol. The van der Waals surface area contributed by atoms with Crippen LogP contribution in [0.5, 0.6) is 0 Å². The fourth-order valence-electron chi connectivity index (χ4n) is 1.88. The first kappa shape index (κ1) is 12.1. The van der Waals surface area contributed by atoms with Gasteiger partial charge in [-0.3, -0.25) is 0 Å². The Morgan fingerprint density at radius 2 is 1.93 bits per heavy atom. The van der Waals surface area contributed by atoms with Gasteiger partial charge in [0.2, 0.25) is 0 Å². The highest BCUT2D eigenvalue weighted by atomic mass is 14.9. The highest BCUT2D eigenvalue weighted by Crippen LogP contribution is 2.16. The average Bonchev–Trinajstić information content (AvgIpc) is 2.26. The van der Waals surface area contributed by atoms with Gasteiger partial charge in [0, 0.05) is 12.2 Å². The second-order valence-electron chi connectivity index (χ2n) is 4.26. The molecule has 0 heterocycles. The van der Waals surface area contributed by atoms with Crippen LogP contribution >= 0.6 is 0 Å². The molecule has 0 aromatic heterocycles. The molecule has 0 saturated heterocycles. The standard InChI is InChI=1S/C14H23N/c1-4-8-13(5-2)11-15-14-10-7-6-9-12(14)3/h6-7,9-10,13,15H,4-5,8,11H2,1-3H3/t13-/m0/s1. The number of rotatable bonds is 6. The van der Waals surface area contributed by atoms with E-state index >= 15 is 0 Å². The first-order valence-corrected chi connectivity index (χ1v) is 6.07. The predicted molar refractivity (Wildman–Crippen MR) is 68.4 cm³/mol. The summed E-state index contributed by atoms with van der Waals surface area (Å²) in [5.41, 5.74) is 2.62. The lowest BCUT2D eigenvalue weighted by molar-refractivity contribution is 0.488. The normalized spacial score (nSPS) is 12.5. The van der Waals surface area contributed by atoms with Gasteiger partial charge in [0.15, 0.2) is 0 Å². The maximum atomic E-state index is 3.55. The summed E-state index contributed by atoms with van der Waals surface area (Å²) in [5, 5.41) is 3.55. The van der Waals surface area contributed by atoms with Gasteiger partial charge in [0.05, 0.1) is 0 Å². The number of para-hydroxylation sites is 1. The fourth-order valence-corrected chi connectivity index (χ4v) is 1.88. The van der Waals surface area contributed by atoms with Crippen molar-refractivity contribution in [3.63, 3.8) is 0 Å². The Labute approximate surface area is 93.9 Å². The van der Waals surface area contributed by atoms with Crippen molar-refractivity contribution in [2.24, 2.45) is 5.92 Å². The molecule has 0 spiro atoms. The molecule has 84 valence electrons. The Kier molecular flexibility index (Phi) is 5.23. The molecule has 0 saturated carbocycles. The topological polar surface area (TPSA) is 12.0 Å². The van der Waals surface area contributed by atoms with E-state index in [1.54, 1.807) is 0 Å². The summed E-state index contributed by atoms with van der Waals surface area (Å²) in [6.45, 7) is 7.80. The maximum absolute atomic E-state index is 3.55. The molecule has 0 fully saturated rings. The van der Waals surface area contributed by atoms with Crippen molar-refractivity contribution in [2.45, 2.75) is 40.0 Å². The number of nitrogens with one attached hydrogen (secondary N) is 1. The van der Waals surface area contributed by atoms with Crippen LogP contribution in [-0.4, -0.2) is 6.54 Å². The van der Waals surface area contributed by atoms with Crippen molar-refractivity contribution in [2.75, 3.05) is 11.9 Å². The molecule has 1 N–H and O–H groups in total. The van der Waals surface area contributed by atoms with E-state index in [1.165, 1.54) is 30.5 Å². The lowest BCUT2D eigenvalue weighted by Crippen LogP contribution is -2.13. The van der Waals surface area contributed by atoms with Crippen LogP contribution in [0.2, 0.25) is 0 Å². The van der Waals surface area contributed by atoms with E-state index in [1.807, 2.05) is 0 Å². The van der Waals surface area contributed by atoms with Crippen LogP contribution in [0.25, 0.3) is 0 Å². The van der Waals surface area contributed by atoms with E-state index in [2.05, 4.69) is 50.4 Å². The molecule has 0 amide bonds. The first-order valence-electron chi connectivity index (χ1n) is 6.07. The predicted octanol–water partition coefficient (Wildman–Crippen LogP) is 4.23. The summed E-state index contributed by atoms with van der Waals surface area (Å²) >= 11 is 0. The maximum Gasteiger partial charge on any atom is 0.0369 e. The largest absolute Gasteiger partial charge is 0.385 e. The zero-order valence-corrected chi connectivity index (χ0v) is 10.2. The van der Waals surface area contributed by atoms with Crippen LogP contribution in [0.4, 0.5) is 5.69 Å². The minimum absolute atomic E-state index is 0.814. The number of aryl methyl sites for hydroxylation is 1. The van der Waals surface area contributed by atoms with Crippen molar-refractivity contribution < 1.29 is 0 Å². The molecule has 1 aromatic rings. The molecule has 15 heavy (non-hydrogen) atoms. The smallest absolute Gasteiger partial charge is 0.0369 e. The van der Waals surface area contributed by atoms with Crippen molar-refractivity contribution in [1.29, 1.82) is 0 Å². The summed E-state index contributed by atoms with van der Waals surface area (Å²) in [6.07, 6.45) is 3.88. The highest BCUT2D eigenvalue weighted by Gasteiger charge is 2.05. The number of hydrogen-bond donors (Lipinski definition) is 1. The summed E-state index contributed by atoms with van der Waals surface area (Å²) < 4.78 is 0. The summed E-state index contributed by atoms with van der Waals surface area (Å²) in [4.78, 5) is 0. The van der Waals surface area contributed by atoms with Gasteiger partial charge in [-0.1, -0.05) is 44.9 Å². The zero-order valence-electron chi connectivity index (χ0n) is 10.2. The fraction of sp³-hybridized carbons (Fsp3) is 0.571. The van der Waals surface area contributed by atoms with E-state index in [9.17, 15) is 0 Å². The van der Waals surface area contributed by atoms with Gasteiger partial charge >= 0.3 is 0 Å². The molecule has 1 atom stereocenters. The third-order valence-electron chi connectivity index (χ3n) is 3.00. The number of hydrogen-bond acceptors (Lipinski definition) is 1. The molecule has 1 heteroatoms. The van der Waals surface area contributed by atoms with Crippen LogP contribution in [0.15, 0.2) is 24.3 Å². The second kappa shape index (κ2) is 6.49. The second-order valence-corrected chi connectivity index (χ2v) is 4.26. The van der Waals surface area contributed by atoms with Crippen LogP contribution in [0.3, 0.4) is 0 Å². The number of benzene rings is 1. The van der Waals surface area contributed by atoms with Gasteiger partial charge in [-0.15, -0.1) is 0 Å². The summed E-state index contributed by atoms with van der Waals surface area (Å²) in [5.74, 6) is 0.814. The lowest BCUT2D eigenvalue weighted by atomic mass is 10.0. The molecule has 1 aromatic carbocycles. The van der Waals surface area contributed by atoms with Gasteiger partial charge in [-0.2, -0.15) is 0 Å². The highest BCUT2D eigenvalue weighted by molar-refractivity contribution is 5.50. The summed E-state index contributed by atoms with van der Waals surface area (Å²) in [6, 6.07) is 8.50. The first-order chi connectivity index (χ1) is 7.27. The molecular formula is C14H23N. The lowest BCUT2D eigenvalue weighted by Gasteiger charge is -2.16.